The molecule has 0 spiro atoms. The Morgan fingerprint density at radius 1 is 1.42 bits per heavy atom. The van der Waals surface area contributed by atoms with Crippen LogP contribution in [0, 0.1) is 0 Å². The molecule has 2 rings (SSSR count). The van der Waals surface area contributed by atoms with Gasteiger partial charge in [0.25, 0.3) is 0 Å². The molecule has 2 atom stereocenters. The predicted octanol–water partition coefficient (Wildman–Crippen LogP) is -0.560. The van der Waals surface area contributed by atoms with Crippen LogP contribution in [0.25, 0.3) is 0 Å². The highest BCUT2D eigenvalue weighted by Crippen LogP contribution is 2.36. The molecule has 0 unspecified atom stereocenters. The zero-order chi connectivity index (χ0) is 14.2. The number of esters is 1. The van der Waals surface area contributed by atoms with Gasteiger partial charge in [0.2, 0.25) is 0 Å². The molecular weight excluding hydrogens is 252 g/mol. The minimum absolute atomic E-state index is 0.0417. The topological polar surface area (TPSA) is 101 Å². The molecule has 2 aliphatic rings. The monoisotopic (exact) mass is 266 g/mol. The van der Waals surface area contributed by atoms with E-state index in [-0.39, 0.29) is 30.6 Å². The highest BCUT2D eigenvalue weighted by molar-refractivity contribution is 6.20. The van der Waals surface area contributed by atoms with Gasteiger partial charge in [0, 0.05) is 30.9 Å². The summed E-state index contributed by atoms with van der Waals surface area (Å²) in [6.45, 7) is 0.882. The standard InChI is InChI=1S/C13H14O6/c1-7(14)19-6-13(18)4-8-9(15)2-3-10(16)12(8)11(17)5-13/h2-3,11,17-18H,4-6H2,1H3/t11-,13-/m1/s1. The first-order valence-corrected chi connectivity index (χ1v) is 5.86. The van der Waals surface area contributed by atoms with E-state index in [4.69, 9.17) is 4.74 Å². The molecule has 0 bridgehead atoms. The molecule has 0 heterocycles. The number of ketones is 2. The average Bonchev–Trinajstić information content (AvgIpc) is 2.31. The number of hydrogen-bond donors (Lipinski definition) is 2. The first kappa shape index (κ1) is 13.6. The third-order valence-corrected chi connectivity index (χ3v) is 3.23. The van der Waals surface area contributed by atoms with Crippen LogP contribution in [-0.4, -0.2) is 46.1 Å². The number of allylic oxidation sites excluding steroid dienone is 2. The summed E-state index contributed by atoms with van der Waals surface area (Å²) in [5.74, 6) is -1.39. The second kappa shape index (κ2) is 4.71. The zero-order valence-electron chi connectivity index (χ0n) is 10.4. The molecule has 0 saturated carbocycles. The predicted molar refractivity (Wildman–Crippen MR) is 63.0 cm³/mol. The molecule has 0 amide bonds. The van der Waals surface area contributed by atoms with Crippen molar-refractivity contribution in [1.29, 1.82) is 0 Å². The van der Waals surface area contributed by atoms with Gasteiger partial charge in [0.05, 0.1) is 6.10 Å². The van der Waals surface area contributed by atoms with Crippen molar-refractivity contribution in [3.05, 3.63) is 23.3 Å². The summed E-state index contributed by atoms with van der Waals surface area (Å²) in [6, 6.07) is 0. The van der Waals surface area contributed by atoms with Crippen molar-refractivity contribution in [2.75, 3.05) is 6.61 Å². The van der Waals surface area contributed by atoms with Gasteiger partial charge in [-0.05, 0) is 12.2 Å². The molecule has 0 aliphatic heterocycles. The van der Waals surface area contributed by atoms with Gasteiger partial charge in [-0.2, -0.15) is 0 Å². The second-order valence-corrected chi connectivity index (χ2v) is 4.86. The summed E-state index contributed by atoms with van der Waals surface area (Å²) >= 11 is 0. The lowest BCUT2D eigenvalue weighted by atomic mass is 9.74. The summed E-state index contributed by atoms with van der Waals surface area (Å²) in [6.07, 6.45) is 0.741. The van der Waals surface area contributed by atoms with E-state index in [9.17, 15) is 24.6 Å². The molecule has 0 aromatic carbocycles. The number of ether oxygens (including phenoxy) is 1. The SMILES string of the molecule is CC(=O)OC[C@@]1(O)CC2=C(C(=O)C=CC2=O)[C@H](O)C1. The Hall–Kier alpha value is -1.79. The van der Waals surface area contributed by atoms with Gasteiger partial charge in [-0.25, -0.2) is 0 Å². The van der Waals surface area contributed by atoms with E-state index < -0.39 is 29.2 Å². The molecule has 0 aromatic rings. The maximum absolute atomic E-state index is 11.7. The van der Waals surface area contributed by atoms with Crippen LogP contribution in [0.5, 0.6) is 0 Å². The Morgan fingerprint density at radius 3 is 2.68 bits per heavy atom. The maximum atomic E-state index is 11.7. The Morgan fingerprint density at radius 2 is 2.05 bits per heavy atom. The first-order chi connectivity index (χ1) is 8.82. The lowest BCUT2D eigenvalue weighted by molar-refractivity contribution is -0.151. The van der Waals surface area contributed by atoms with Gasteiger partial charge in [0.15, 0.2) is 11.6 Å². The van der Waals surface area contributed by atoms with E-state index in [1.165, 1.54) is 6.92 Å². The minimum atomic E-state index is -1.52. The normalized spacial score (nSPS) is 30.4. The van der Waals surface area contributed by atoms with Crippen molar-refractivity contribution >= 4 is 17.5 Å². The summed E-state index contributed by atoms with van der Waals surface area (Å²) in [5, 5.41) is 20.2. The average molecular weight is 266 g/mol. The maximum Gasteiger partial charge on any atom is 0.302 e. The van der Waals surface area contributed by atoms with E-state index in [1.54, 1.807) is 0 Å². The molecule has 2 aliphatic carbocycles. The van der Waals surface area contributed by atoms with Crippen LogP contribution in [0.1, 0.15) is 19.8 Å². The summed E-state index contributed by atoms with van der Waals surface area (Å²) < 4.78 is 4.74. The van der Waals surface area contributed by atoms with Crippen LogP contribution >= 0.6 is 0 Å². The van der Waals surface area contributed by atoms with Gasteiger partial charge in [-0.15, -0.1) is 0 Å². The molecule has 6 heteroatoms. The zero-order valence-corrected chi connectivity index (χ0v) is 10.4. The van der Waals surface area contributed by atoms with Gasteiger partial charge in [-0.1, -0.05) is 0 Å². The number of aliphatic hydroxyl groups excluding tert-OH is 1. The van der Waals surface area contributed by atoms with Crippen molar-refractivity contribution in [2.24, 2.45) is 0 Å². The van der Waals surface area contributed by atoms with E-state index >= 15 is 0 Å². The van der Waals surface area contributed by atoms with Crippen LogP contribution < -0.4 is 0 Å². The minimum Gasteiger partial charge on any atom is -0.463 e. The van der Waals surface area contributed by atoms with Gasteiger partial charge in [0.1, 0.15) is 12.2 Å². The summed E-state index contributed by atoms with van der Waals surface area (Å²) in [5.41, 5.74) is -1.38. The number of hydrogen-bond acceptors (Lipinski definition) is 6. The van der Waals surface area contributed by atoms with Gasteiger partial charge < -0.3 is 14.9 Å². The second-order valence-electron chi connectivity index (χ2n) is 4.86. The quantitative estimate of drug-likeness (QED) is 0.513. The van der Waals surface area contributed by atoms with Crippen LogP contribution in [-0.2, 0) is 19.1 Å². The van der Waals surface area contributed by atoms with E-state index in [0.29, 0.717) is 0 Å². The largest absolute Gasteiger partial charge is 0.463 e. The Labute approximate surface area is 109 Å². The van der Waals surface area contributed by atoms with Gasteiger partial charge in [-0.3, -0.25) is 14.4 Å². The molecule has 0 radical (unpaired) electrons. The summed E-state index contributed by atoms with van der Waals surface area (Å²) in [4.78, 5) is 34.1. The van der Waals surface area contributed by atoms with Crippen LogP contribution in [0.3, 0.4) is 0 Å². The lowest BCUT2D eigenvalue weighted by Gasteiger charge is -2.36. The van der Waals surface area contributed by atoms with Gasteiger partial charge >= 0.3 is 5.97 Å². The fourth-order valence-corrected chi connectivity index (χ4v) is 2.38. The van der Waals surface area contributed by atoms with E-state index in [2.05, 4.69) is 0 Å². The van der Waals surface area contributed by atoms with Crippen molar-refractivity contribution < 1.29 is 29.3 Å². The van der Waals surface area contributed by atoms with Crippen molar-refractivity contribution in [3.8, 4) is 0 Å². The molecule has 2 N–H and O–H groups in total. The van der Waals surface area contributed by atoms with Crippen molar-refractivity contribution in [3.63, 3.8) is 0 Å². The van der Waals surface area contributed by atoms with Crippen molar-refractivity contribution in [1.82, 2.24) is 0 Å². The number of carbonyl (C=O) groups is 3. The Balaban J connectivity index is 2.27. The Bertz CT molecular complexity index is 515. The van der Waals surface area contributed by atoms with E-state index in [1.807, 2.05) is 0 Å². The fraction of sp³-hybridized carbons (Fsp3) is 0.462. The number of aliphatic hydroxyl groups is 2. The molecule has 102 valence electrons. The molecule has 6 nitrogen and oxygen atoms in total. The highest BCUT2D eigenvalue weighted by atomic mass is 16.5. The fourth-order valence-electron chi connectivity index (χ4n) is 2.38. The number of carbonyl (C=O) groups excluding carboxylic acids is 3. The first-order valence-electron chi connectivity index (χ1n) is 5.86. The van der Waals surface area contributed by atoms with Crippen molar-refractivity contribution in [2.45, 2.75) is 31.5 Å². The third-order valence-electron chi connectivity index (χ3n) is 3.23. The molecule has 0 fully saturated rings. The smallest absolute Gasteiger partial charge is 0.302 e. The molecular formula is C13H14O6. The third kappa shape index (κ3) is 2.64. The Kier molecular flexibility index (Phi) is 3.38. The van der Waals surface area contributed by atoms with Crippen LogP contribution in [0.2, 0.25) is 0 Å². The summed E-state index contributed by atoms with van der Waals surface area (Å²) in [7, 11) is 0. The van der Waals surface area contributed by atoms with E-state index in [0.717, 1.165) is 12.2 Å². The van der Waals surface area contributed by atoms with Crippen LogP contribution in [0.4, 0.5) is 0 Å². The molecule has 19 heavy (non-hydrogen) atoms. The van der Waals surface area contributed by atoms with Crippen LogP contribution in [0.15, 0.2) is 23.3 Å². The molecule has 0 saturated heterocycles. The highest BCUT2D eigenvalue weighted by Gasteiger charge is 2.43. The number of rotatable bonds is 2. The molecule has 0 aromatic heterocycles. The lowest BCUT2D eigenvalue weighted by Crippen LogP contribution is -2.46.